The van der Waals surface area contributed by atoms with E-state index in [0.29, 0.717) is 42.0 Å². The summed E-state index contributed by atoms with van der Waals surface area (Å²) in [6, 6.07) is 14.3. The van der Waals surface area contributed by atoms with Crippen LogP contribution in [0.25, 0.3) is 10.4 Å². The van der Waals surface area contributed by atoms with Gasteiger partial charge in [0.05, 0.1) is 13.2 Å². The highest BCUT2D eigenvalue weighted by atomic mass is 16.6. The van der Waals surface area contributed by atoms with Gasteiger partial charge in [0.25, 0.3) is 5.91 Å². The van der Waals surface area contributed by atoms with Gasteiger partial charge in [0, 0.05) is 36.5 Å². The summed E-state index contributed by atoms with van der Waals surface area (Å²) in [5.41, 5.74) is 14.4. The van der Waals surface area contributed by atoms with Gasteiger partial charge in [-0.3, -0.25) is 15.0 Å². The first-order chi connectivity index (χ1) is 20.5. The fourth-order valence-electron chi connectivity index (χ4n) is 4.52. The number of hydrazine groups is 1. The van der Waals surface area contributed by atoms with Crippen molar-refractivity contribution in [3.63, 3.8) is 0 Å². The lowest BCUT2D eigenvalue weighted by Gasteiger charge is -2.32. The Bertz CT molecular complexity index is 1320. The Kier molecular flexibility index (Phi) is 11.9. The first-order valence-electron chi connectivity index (χ1n) is 14.4. The molecule has 2 aromatic carbocycles. The Morgan fingerprint density at radius 2 is 1.91 bits per heavy atom. The summed E-state index contributed by atoms with van der Waals surface area (Å²) in [5, 5.41) is 12.8. The lowest BCUT2D eigenvalue weighted by atomic mass is 9.82. The van der Waals surface area contributed by atoms with E-state index in [1.54, 1.807) is 57.2 Å². The summed E-state index contributed by atoms with van der Waals surface area (Å²) in [6.45, 7) is 10.3. The molecule has 2 atom stereocenters. The highest BCUT2D eigenvalue weighted by molar-refractivity contribution is 6.01. The number of benzene rings is 2. The molecule has 12 nitrogen and oxygen atoms in total. The van der Waals surface area contributed by atoms with Crippen LogP contribution in [0.4, 0.5) is 0 Å². The molecule has 2 aromatic rings. The van der Waals surface area contributed by atoms with E-state index in [9.17, 15) is 9.59 Å². The van der Waals surface area contributed by atoms with Crippen molar-refractivity contribution in [1.29, 1.82) is 0 Å². The van der Waals surface area contributed by atoms with Gasteiger partial charge in [-0.2, -0.15) is 0 Å². The molecule has 0 saturated carbocycles. The van der Waals surface area contributed by atoms with Gasteiger partial charge in [-0.05, 0) is 74.0 Å². The highest BCUT2D eigenvalue weighted by Gasteiger charge is 2.54. The molecule has 1 aliphatic heterocycles. The molecule has 1 aliphatic rings. The third kappa shape index (κ3) is 9.44. The molecule has 0 spiro atoms. The minimum Gasteiger partial charge on any atom is -0.494 e. The van der Waals surface area contributed by atoms with Crippen LogP contribution in [-0.2, 0) is 25.6 Å². The number of hydrogen-bond acceptors (Lipinski definition) is 9. The largest absolute Gasteiger partial charge is 0.494 e. The first-order valence-corrected chi connectivity index (χ1v) is 14.4. The molecule has 232 valence electrons. The number of amides is 1. The number of ether oxygens (including phenoxy) is 3. The second-order valence-electron chi connectivity index (χ2n) is 11.7. The van der Waals surface area contributed by atoms with E-state index in [1.165, 1.54) is 0 Å². The van der Waals surface area contributed by atoms with Crippen LogP contribution in [0.15, 0.2) is 58.6 Å². The molecule has 0 saturated heterocycles. The quantitative estimate of drug-likeness (QED) is 0.0657. The average molecular weight is 595 g/mol. The predicted molar refractivity (Wildman–Crippen MR) is 162 cm³/mol. The van der Waals surface area contributed by atoms with E-state index in [2.05, 4.69) is 20.9 Å². The molecule has 12 heteroatoms. The Hall–Kier alpha value is -4.12. The van der Waals surface area contributed by atoms with E-state index in [0.717, 1.165) is 0 Å². The van der Waals surface area contributed by atoms with Crippen molar-refractivity contribution in [2.75, 3.05) is 19.8 Å². The van der Waals surface area contributed by atoms with Crippen LogP contribution in [0.2, 0.25) is 0 Å². The molecule has 0 bridgehead atoms. The topological polar surface area (TPSA) is 167 Å². The Morgan fingerprint density at radius 3 is 2.56 bits per heavy atom. The molecule has 3 N–H and O–H groups in total. The van der Waals surface area contributed by atoms with Crippen LogP contribution in [0.3, 0.4) is 0 Å². The second kappa shape index (κ2) is 15.4. The summed E-state index contributed by atoms with van der Waals surface area (Å²) in [5.74, 6) is 0.145. The normalized spacial score (nSPS) is 17.9. The number of nitrogens with one attached hydrogen (secondary N) is 2. The number of hydrogen-bond donors (Lipinski definition) is 3. The number of rotatable bonds is 15. The minimum atomic E-state index is -1.57. The Morgan fingerprint density at radius 1 is 1.19 bits per heavy atom. The molecule has 0 aliphatic carbocycles. The fraction of sp³-hybridized carbons (Fsp3) is 0.516. The van der Waals surface area contributed by atoms with Crippen molar-refractivity contribution < 1.29 is 28.9 Å². The number of carbonyl (C=O) groups is 2. The molecule has 1 amide bonds. The van der Waals surface area contributed by atoms with E-state index in [4.69, 9.17) is 29.8 Å². The highest BCUT2D eigenvalue weighted by Crippen LogP contribution is 2.44. The molecule has 1 heterocycles. The van der Waals surface area contributed by atoms with E-state index in [1.807, 2.05) is 26.0 Å². The number of nitrogens with zero attached hydrogens (tertiary/aromatic N) is 4. The third-order valence-electron chi connectivity index (χ3n) is 6.51. The number of aliphatic imine (C=N–C) groups is 1. The average Bonchev–Trinajstić information content (AvgIpc) is 3.35. The molecule has 0 fully saturated rings. The number of aliphatic hydroxyl groups is 1. The number of carbonyl (C=O) groups excluding carboxylic acids is 2. The van der Waals surface area contributed by atoms with E-state index >= 15 is 0 Å². The van der Waals surface area contributed by atoms with Crippen LogP contribution in [0, 0.1) is 5.92 Å². The predicted octanol–water partition coefficient (Wildman–Crippen LogP) is 4.91. The van der Waals surface area contributed by atoms with Crippen molar-refractivity contribution in [3.8, 4) is 5.75 Å². The molecule has 0 aromatic heterocycles. The van der Waals surface area contributed by atoms with Gasteiger partial charge in [-0.25, -0.2) is 10.4 Å². The van der Waals surface area contributed by atoms with Crippen molar-refractivity contribution >= 4 is 17.8 Å². The number of azide groups is 1. The summed E-state index contributed by atoms with van der Waals surface area (Å²) in [6.07, 6.45) is -0.545. The number of aliphatic hydroxyl groups excluding tert-OH is 1. The molecule has 0 radical (unpaired) electrons. The van der Waals surface area contributed by atoms with Crippen LogP contribution in [-0.4, -0.2) is 53.8 Å². The summed E-state index contributed by atoms with van der Waals surface area (Å²) >= 11 is 0. The molecular formula is C31H42N6O6. The van der Waals surface area contributed by atoms with Crippen molar-refractivity contribution in [2.24, 2.45) is 16.0 Å². The van der Waals surface area contributed by atoms with Crippen molar-refractivity contribution in [2.45, 2.75) is 77.7 Å². The van der Waals surface area contributed by atoms with Crippen molar-refractivity contribution in [3.05, 3.63) is 75.7 Å². The summed E-state index contributed by atoms with van der Waals surface area (Å²) in [4.78, 5) is 34.8. The van der Waals surface area contributed by atoms with E-state index < -0.39 is 29.1 Å². The summed E-state index contributed by atoms with van der Waals surface area (Å²) < 4.78 is 17.7. The second-order valence-corrected chi connectivity index (χ2v) is 11.7. The van der Waals surface area contributed by atoms with Crippen molar-refractivity contribution in [1.82, 2.24) is 10.9 Å². The minimum absolute atomic E-state index is 0.0104. The zero-order chi connectivity index (χ0) is 31.5. The van der Waals surface area contributed by atoms with Gasteiger partial charge in [-0.1, -0.05) is 43.2 Å². The smallest absolute Gasteiger partial charge is 0.306 e. The van der Waals surface area contributed by atoms with Crippen LogP contribution in [0.5, 0.6) is 5.75 Å². The SMILES string of the molecule is CC(C)CNNC(=O)[C@@]1(CCC(=O)OC(C)(C)C)N=C(c2ccc(OCCCO)cc2)O[C@H]1c1ccccc1CN=[N+]=[N-]. The molecule has 0 unspecified atom stereocenters. The standard InChI is InChI=1S/C31H42N6O6/c1-21(2)19-33-36-29(40)31(16-15-26(39)43-30(3,4)5)27(25-10-7-6-9-23(25)20-34-37-32)42-28(35-31)22-11-13-24(14-12-22)41-18-8-17-38/h6-7,9-14,21,27,33,38H,8,15-20H2,1-5H3,(H,36,40)/t27-,31-/m0/s1. The maximum atomic E-state index is 14.1. The maximum Gasteiger partial charge on any atom is 0.306 e. The lowest BCUT2D eigenvalue weighted by molar-refractivity contribution is -0.155. The third-order valence-corrected chi connectivity index (χ3v) is 6.51. The van der Waals surface area contributed by atoms with Crippen LogP contribution < -0.4 is 15.6 Å². The van der Waals surface area contributed by atoms with E-state index in [-0.39, 0.29) is 37.8 Å². The van der Waals surface area contributed by atoms with Gasteiger partial charge in [-0.15, -0.1) is 0 Å². The number of esters is 1. The maximum absolute atomic E-state index is 14.1. The summed E-state index contributed by atoms with van der Waals surface area (Å²) in [7, 11) is 0. The Balaban J connectivity index is 2.09. The Labute approximate surface area is 252 Å². The lowest BCUT2D eigenvalue weighted by Crippen LogP contribution is -2.53. The first kappa shape index (κ1) is 33.4. The van der Waals surface area contributed by atoms with Gasteiger partial charge in [0.2, 0.25) is 5.90 Å². The molecule has 3 rings (SSSR count). The van der Waals surface area contributed by atoms with Gasteiger partial charge in [0.15, 0.2) is 11.6 Å². The monoisotopic (exact) mass is 594 g/mol. The van der Waals surface area contributed by atoms with Crippen LogP contribution >= 0.6 is 0 Å². The van der Waals surface area contributed by atoms with Gasteiger partial charge in [0.1, 0.15) is 11.4 Å². The molecule has 43 heavy (non-hydrogen) atoms. The fourth-order valence-corrected chi connectivity index (χ4v) is 4.52. The zero-order valence-corrected chi connectivity index (χ0v) is 25.5. The molecular weight excluding hydrogens is 552 g/mol. The van der Waals surface area contributed by atoms with Gasteiger partial charge < -0.3 is 19.3 Å². The van der Waals surface area contributed by atoms with Crippen LogP contribution in [0.1, 0.15) is 76.7 Å². The van der Waals surface area contributed by atoms with Gasteiger partial charge >= 0.3 is 5.97 Å². The zero-order valence-electron chi connectivity index (χ0n) is 25.5.